The molecule has 1 aliphatic heterocycles. The van der Waals surface area contributed by atoms with Crippen LogP contribution in [0.2, 0.25) is 5.82 Å². The number of hydrogen-bond acceptors (Lipinski definition) is 2. The first-order valence-electron chi connectivity index (χ1n) is 10.2. The average Bonchev–Trinajstić information content (AvgIpc) is 2.72. The molecule has 3 aliphatic rings. The van der Waals surface area contributed by atoms with Gasteiger partial charge in [-0.15, -0.1) is 0 Å². The van der Waals surface area contributed by atoms with Crippen LogP contribution in [0.5, 0.6) is 0 Å². The van der Waals surface area contributed by atoms with Crippen LogP contribution in [-0.4, -0.2) is 18.3 Å². The third-order valence-corrected chi connectivity index (χ3v) is 7.83. The fourth-order valence-corrected chi connectivity index (χ4v) is 5.47. The molecule has 0 radical (unpaired) electrons. The molecule has 136 valence electrons. The molecule has 26 heavy (non-hydrogen) atoms. The smallest absolute Gasteiger partial charge is 0.403 e. The summed E-state index contributed by atoms with van der Waals surface area (Å²) < 4.78 is 12.9. The summed E-state index contributed by atoms with van der Waals surface area (Å²) >= 11 is 0. The van der Waals surface area contributed by atoms with E-state index in [1.54, 1.807) is 0 Å². The van der Waals surface area contributed by atoms with Gasteiger partial charge >= 0.3 is 7.12 Å². The van der Waals surface area contributed by atoms with Crippen LogP contribution < -0.4 is 0 Å². The number of benzene rings is 2. The van der Waals surface area contributed by atoms with E-state index in [0.717, 1.165) is 0 Å². The van der Waals surface area contributed by atoms with Crippen molar-refractivity contribution in [1.29, 1.82) is 0 Å². The van der Waals surface area contributed by atoms with Gasteiger partial charge in [-0.05, 0) is 74.6 Å². The molecule has 3 fully saturated rings. The average molecular weight is 348 g/mol. The molecular formula is C23H29BO2. The van der Waals surface area contributed by atoms with Gasteiger partial charge in [-0.2, -0.15) is 0 Å². The zero-order valence-corrected chi connectivity index (χ0v) is 16.4. The normalized spacial score (nSPS) is 31.0. The monoisotopic (exact) mass is 348 g/mol. The molecule has 1 saturated heterocycles. The predicted molar refractivity (Wildman–Crippen MR) is 107 cm³/mol. The molecule has 1 heterocycles. The lowest BCUT2D eigenvalue weighted by atomic mass is 9.36. The van der Waals surface area contributed by atoms with Gasteiger partial charge in [0, 0.05) is 5.82 Å². The van der Waals surface area contributed by atoms with Crippen molar-refractivity contribution < 1.29 is 9.31 Å². The molecule has 2 atom stereocenters. The minimum absolute atomic E-state index is 0.0808. The SMILES string of the molecule is CC1(C)OB(C2CC3(CCC3)C2c2ccc3ccccc3c2)OC1(C)C. The van der Waals surface area contributed by atoms with Gasteiger partial charge in [-0.3, -0.25) is 0 Å². The van der Waals surface area contributed by atoms with Gasteiger partial charge in [0.25, 0.3) is 0 Å². The van der Waals surface area contributed by atoms with Crippen LogP contribution in [0.1, 0.15) is 64.9 Å². The zero-order chi connectivity index (χ0) is 18.2. The van der Waals surface area contributed by atoms with Crippen molar-refractivity contribution >= 4 is 17.9 Å². The standard InChI is InChI=1S/C23H29BO2/c1-21(2)22(3,4)26-24(25-21)19-15-23(12-7-13-23)20(19)18-11-10-16-8-5-6-9-17(16)14-18/h5-6,8-11,14,19-20H,7,12-13,15H2,1-4H3. The van der Waals surface area contributed by atoms with E-state index in [0.29, 0.717) is 17.2 Å². The Balaban J connectivity index is 1.49. The minimum Gasteiger partial charge on any atom is -0.403 e. The molecule has 0 bridgehead atoms. The van der Waals surface area contributed by atoms with Crippen molar-refractivity contribution in [3.05, 3.63) is 48.0 Å². The minimum atomic E-state index is -0.242. The highest BCUT2D eigenvalue weighted by atomic mass is 16.7. The topological polar surface area (TPSA) is 18.5 Å². The molecule has 5 rings (SSSR count). The van der Waals surface area contributed by atoms with Crippen molar-refractivity contribution in [3.8, 4) is 0 Å². The van der Waals surface area contributed by atoms with Gasteiger partial charge in [-0.25, -0.2) is 0 Å². The van der Waals surface area contributed by atoms with Crippen LogP contribution in [-0.2, 0) is 9.31 Å². The van der Waals surface area contributed by atoms with Crippen molar-refractivity contribution in [3.63, 3.8) is 0 Å². The second-order valence-electron chi connectivity index (χ2n) is 9.79. The fourth-order valence-electron chi connectivity index (χ4n) is 5.47. The first-order chi connectivity index (χ1) is 12.3. The Bertz CT molecular complexity index is 836. The van der Waals surface area contributed by atoms with Crippen molar-refractivity contribution in [2.24, 2.45) is 5.41 Å². The number of hydrogen-bond donors (Lipinski definition) is 0. The Morgan fingerprint density at radius 2 is 1.54 bits per heavy atom. The highest BCUT2D eigenvalue weighted by Gasteiger charge is 2.65. The van der Waals surface area contributed by atoms with Crippen molar-refractivity contribution in [1.82, 2.24) is 0 Å². The van der Waals surface area contributed by atoms with E-state index in [-0.39, 0.29) is 18.3 Å². The Labute approximate surface area is 157 Å². The van der Waals surface area contributed by atoms with E-state index in [4.69, 9.17) is 9.31 Å². The molecule has 2 aromatic rings. The van der Waals surface area contributed by atoms with Crippen LogP contribution in [0.25, 0.3) is 10.8 Å². The molecular weight excluding hydrogens is 319 g/mol. The van der Waals surface area contributed by atoms with Gasteiger partial charge < -0.3 is 9.31 Å². The van der Waals surface area contributed by atoms with Gasteiger partial charge in [0.15, 0.2) is 0 Å². The van der Waals surface area contributed by atoms with E-state index >= 15 is 0 Å². The van der Waals surface area contributed by atoms with Gasteiger partial charge in [-0.1, -0.05) is 48.9 Å². The van der Waals surface area contributed by atoms with Crippen LogP contribution in [0.15, 0.2) is 42.5 Å². The second kappa shape index (κ2) is 5.36. The fraction of sp³-hybridized carbons (Fsp3) is 0.565. The lowest BCUT2D eigenvalue weighted by Crippen LogP contribution is -2.53. The van der Waals surface area contributed by atoms with Crippen molar-refractivity contribution in [2.45, 2.75) is 76.3 Å². The third kappa shape index (κ3) is 2.26. The molecule has 2 unspecified atom stereocenters. The van der Waals surface area contributed by atoms with Crippen LogP contribution in [0.4, 0.5) is 0 Å². The Morgan fingerprint density at radius 3 is 2.15 bits per heavy atom. The summed E-state index contributed by atoms with van der Waals surface area (Å²) in [5.41, 5.74) is 1.49. The van der Waals surface area contributed by atoms with E-state index in [1.165, 1.54) is 42.0 Å². The van der Waals surface area contributed by atoms with Gasteiger partial charge in [0.05, 0.1) is 11.2 Å². The molecule has 2 nitrogen and oxygen atoms in total. The summed E-state index contributed by atoms with van der Waals surface area (Å²) in [6.07, 6.45) is 5.35. The maximum atomic E-state index is 6.45. The molecule has 2 aromatic carbocycles. The zero-order valence-electron chi connectivity index (χ0n) is 16.4. The molecule has 2 aliphatic carbocycles. The number of rotatable bonds is 2. The largest absolute Gasteiger partial charge is 0.461 e. The summed E-state index contributed by atoms with van der Waals surface area (Å²) in [5.74, 6) is 1.04. The quantitative estimate of drug-likeness (QED) is 0.624. The molecule has 0 aromatic heterocycles. The molecule has 2 saturated carbocycles. The van der Waals surface area contributed by atoms with E-state index < -0.39 is 0 Å². The van der Waals surface area contributed by atoms with Crippen molar-refractivity contribution in [2.75, 3.05) is 0 Å². The Morgan fingerprint density at radius 1 is 0.885 bits per heavy atom. The van der Waals surface area contributed by atoms with Crippen LogP contribution >= 0.6 is 0 Å². The van der Waals surface area contributed by atoms with E-state index in [9.17, 15) is 0 Å². The summed E-state index contributed by atoms with van der Waals surface area (Å²) in [6.45, 7) is 8.65. The Hall–Kier alpha value is -1.32. The van der Waals surface area contributed by atoms with Gasteiger partial charge in [0.1, 0.15) is 0 Å². The summed E-state index contributed by atoms with van der Waals surface area (Å²) in [7, 11) is -0.0808. The summed E-state index contributed by atoms with van der Waals surface area (Å²) in [4.78, 5) is 0. The maximum Gasteiger partial charge on any atom is 0.461 e. The van der Waals surface area contributed by atoms with E-state index in [2.05, 4.69) is 70.2 Å². The van der Waals surface area contributed by atoms with Crippen LogP contribution in [0, 0.1) is 5.41 Å². The highest BCUT2D eigenvalue weighted by molar-refractivity contribution is 6.48. The lowest BCUT2D eigenvalue weighted by Gasteiger charge is -2.61. The molecule has 0 N–H and O–H groups in total. The molecule has 0 amide bonds. The third-order valence-electron chi connectivity index (χ3n) is 7.83. The first-order valence-corrected chi connectivity index (χ1v) is 10.2. The summed E-state index contributed by atoms with van der Waals surface area (Å²) in [6, 6.07) is 15.7. The second-order valence-corrected chi connectivity index (χ2v) is 9.79. The highest BCUT2D eigenvalue weighted by Crippen LogP contribution is 2.71. The van der Waals surface area contributed by atoms with E-state index in [1.807, 2.05) is 0 Å². The Kier molecular flexibility index (Phi) is 3.47. The van der Waals surface area contributed by atoms with Gasteiger partial charge in [0.2, 0.25) is 0 Å². The molecule has 1 spiro atoms. The predicted octanol–water partition coefficient (Wildman–Crippen LogP) is 5.96. The first kappa shape index (κ1) is 16.8. The molecule has 3 heteroatoms. The number of fused-ring (bicyclic) bond motifs is 1. The van der Waals surface area contributed by atoms with Crippen LogP contribution in [0.3, 0.4) is 0 Å². The maximum absolute atomic E-state index is 6.45. The summed E-state index contributed by atoms with van der Waals surface area (Å²) in [5, 5.41) is 2.67. The lowest BCUT2D eigenvalue weighted by molar-refractivity contribution is -0.0134.